The smallest absolute Gasteiger partial charge is 0.269 e. The minimum Gasteiger partial charge on any atom is -0.384 e. The van der Waals surface area contributed by atoms with Crippen LogP contribution >= 0.6 is 0 Å². The second-order valence-electron chi connectivity index (χ2n) is 5.94. The van der Waals surface area contributed by atoms with Gasteiger partial charge in [0.1, 0.15) is 12.3 Å². The van der Waals surface area contributed by atoms with Crippen LogP contribution in [0.2, 0.25) is 0 Å². The van der Waals surface area contributed by atoms with Gasteiger partial charge < -0.3 is 10.4 Å². The molecule has 21 heavy (non-hydrogen) atoms. The molecule has 3 rings (SSSR count). The van der Waals surface area contributed by atoms with E-state index >= 15 is 0 Å². The van der Waals surface area contributed by atoms with Gasteiger partial charge >= 0.3 is 0 Å². The lowest BCUT2D eigenvalue weighted by Gasteiger charge is -2.15. The van der Waals surface area contributed by atoms with Gasteiger partial charge in [0.25, 0.3) is 5.91 Å². The van der Waals surface area contributed by atoms with Gasteiger partial charge in [-0.2, -0.15) is 0 Å². The highest BCUT2D eigenvalue weighted by Gasteiger charge is 2.41. The van der Waals surface area contributed by atoms with Crippen LogP contribution in [0.1, 0.15) is 41.7 Å². The first-order valence-corrected chi connectivity index (χ1v) is 7.62. The number of hydrogen-bond donors (Lipinski definition) is 2. The van der Waals surface area contributed by atoms with E-state index in [0.29, 0.717) is 17.2 Å². The molecule has 110 valence electrons. The van der Waals surface area contributed by atoms with Crippen LogP contribution in [0, 0.1) is 29.6 Å². The predicted molar refractivity (Wildman–Crippen MR) is 79.5 cm³/mol. The summed E-state index contributed by atoms with van der Waals surface area (Å²) in [6.45, 7) is 0.605. The lowest BCUT2D eigenvalue weighted by atomic mass is 9.98. The highest BCUT2D eigenvalue weighted by Crippen LogP contribution is 2.48. The van der Waals surface area contributed by atoms with Gasteiger partial charge in [-0.15, -0.1) is 0 Å². The molecule has 1 heterocycles. The highest BCUT2D eigenvalue weighted by molar-refractivity contribution is 5.92. The topological polar surface area (TPSA) is 62.2 Å². The Hall–Kier alpha value is -1.86. The summed E-state index contributed by atoms with van der Waals surface area (Å²) in [6, 6.07) is 3.43. The zero-order valence-electron chi connectivity index (χ0n) is 12.0. The Morgan fingerprint density at radius 3 is 2.57 bits per heavy atom. The lowest BCUT2D eigenvalue weighted by Crippen LogP contribution is -2.31. The molecule has 2 aliphatic rings. The van der Waals surface area contributed by atoms with Crippen LogP contribution in [0.3, 0.4) is 0 Å². The van der Waals surface area contributed by atoms with E-state index in [4.69, 9.17) is 5.11 Å². The van der Waals surface area contributed by atoms with E-state index < -0.39 is 0 Å². The quantitative estimate of drug-likeness (QED) is 0.807. The Balaban J connectivity index is 1.54. The molecule has 0 atom stereocenters. The van der Waals surface area contributed by atoms with Gasteiger partial charge in [-0.1, -0.05) is 11.8 Å². The lowest BCUT2D eigenvalue weighted by molar-refractivity contribution is 0.0938. The van der Waals surface area contributed by atoms with Gasteiger partial charge in [0.15, 0.2) is 0 Å². The van der Waals surface area contributed by atoms with E-state index in [0.717, 1.165) is 18.4 Å². The van der Waals surface area contributed by atoms with Crippen molar-refractivity contribution in [3.05, 3.63) is 29.6 Å². The van der Waals surface area contributed by atoms with Crippen molar-refractivity contribution in [1.82, 2.24) is 10.3 Å². The van der Waals surface area contributed by atoms with Crippen LogP contribution in [0.5, 0.6) is 0 Å². The van der Waals surface area contributed by atoms with Crippen molar-refractivity contribution < 1.29 is 9.90 Å². The van der Waals surface area contributed by atoms with Crippen LogP contribution in [0.4, 0.5) is 0 Å². The molecule has 2 fully saturated rings. The molecule has 1 aromatic heterocycles. The average Bonchev–Trinajstić information content (AvgIpc) is 3.38. The number of nitrogens with zero attached hydrogens (tertiary/aromatic N) is 1. The van der Waals surface area contributed by atoms with Crippen LogP contribution in [-0.2, 0) is 0 Å². The summed E-state index contributed by atoms with van der Waals surface area (Å²) < 4.78 is 0. The predicted octanol–water partition coefficient (Wildman–Crippen LogP) is 1.59. The Kier molecular flexibility index (Phi) is 4.21. The number of pyridine rings is 1. The van der Waals surface area contributed by atoms with Crippen molar-refractivity contribution in [3.8, 4) is 11.8 Å². The Morgan fingerprint density at radius 2 is 2.05 bits per heavy atom. The molecule has 0 aromatic carbocycles. The minimum atomic E-state index is -0.175. The number of nitrogens with one attached hydrogen (secondary N) is 1. The molecular formula is C17H20N2O2. The van der Waals surface area contributed by atoms with Crippen molar-refractivity contribution in [3.63, 3.8) is 0 Å². The number of aliphatic hydroxyl groups excluding tert-OH is 1. The second-order valence-corrected chi connectivity index (χ2v) is 5.94. The maximum atomic E-state index is 12.1. The first-order valence-electron chi connectivity index (χ1n) is 7.62. The van der Waals surface area contributed by atoms with Crippen LogP contribution in [0.25, 0.3) is 0 Å². The highest BCUT2D eigenvalue weighted by atomic mass is 16.2. The van der Waals surface area contributed by atoms with Gasteiger partial charge in [-0.3, -0.25) is 4.79 Å². The summed E-state index contributed by atoms with van der Waals surface area (Å²) >= 11 is 0. The van der Waals surface area contributed by atoms with Gasteiger partial charge in [0.2, 0.25) is 0 Å². The molecule has 0 aliphatic heterocycles. The third kappa shape index (κ3) is 3.83. The maximum absolute atomic E-state index is 12.1. The van der Waals surface area contributed by atoms with Gasteiger partial charge in [-0.05, 0) is 55.6 Å². The van der Waals surface area contributed by atoms with Crippen molar-refractivity contribution in [1.29, 1.82) is 0 Å². The van der Waals surface area contributed by atoms with Crippen LogP contribution in [0.15, 0.2) is 18.3 Å². The molecule has 0 saturated heterocycles. The molecule has 2 saturated carbocycles. The first-order chi connectivity index (χ1) is 10.3. The fourth-order valence-corrected chi connectivity index (χ4v) is 2.81. The Labute approximate surface area is 125 Å². The first kappa shape index (κ1) is 14.1. The van der Waals surface area contributed by atoms with E-state index in [1.807, 2.05) is 0 Å². The molecule has 0 unspecified atom stereocenters. The average molecular weight is 284 g/mol. The van der Waals surface area contributed by atoms with E-state index in [1.54, 1.807) is 18.3 Å². The van der Waals surface area contributed by atoms with E-state index in [1.165, 1.54) is 25.7 Å². The molecule has 0 radical (unpaired) electrons. The largest absolute Gasteiger partial charge is 0.384 e. The Morgan fingerprint density at radius 1 is 1.33 bits per heavy atom. The van der Waals surface area contributed by atoms with Gasteiger partial charge in [0, 0.05) is 18.3 Å². The van der Waals surface area contributed by atoms with Crippen LogP contribution < -0.4 is 5.32 Å². The number of carbonyl (C=O) groups excluding carboxylic acids is 1. The van der Waals surface area contributed by atoms with E-state index in [9.17, 15) is 4.79 Å². The summed E-state index contributed by atoms with van der Waals surface area (Å²) in [5.41, 5.74) is 1.13. The SMILES string of the molecule is O=C(NCC(C1CC1)C1CC1)c1ccc(C#CCO)cn1. The molecule has 1 aromatic rings. The standard InChI is InChI=1S/C17H20N2O2/c20-9-1-2-12-3-8-16(18-10-12)17(21)19-11-15(13-4-5-13)14-6-7-14/h3,8,10,13-15,20H,4-7,9,11H2,(H,19,21). The fourth-order valence-electron chi connectivity index (χ4n) is 2.81. The Bertz CT molecular complexity index is 551. The third-order valence-electron chi connectivity index (χ3n) is 4.26. The second kappa shape index (κ2) is 6.28. The van der Waals surface area contributed by atoms with Crippen molar-refractivity contribution in [2.75, 3.05) is 13.2 Å². The summed E-state index contributed by atoms with van der Waals surface area (Å²) in [6.07, 6.45) is 6.87. The fraction of sp³-hybridized carbons (Fsp3) is 0.529. The number of rotatable bonds is 5. The zero-order valence-corrected chi connectivity index (χ0v) is 12.0. The van der Waals surface area contributed by atoms with Crippen molar-refractivity contribution >= 4 is 5.91 Å². The summed E-state index contributed by atoms with van der Waals surface area (Å²) in [5, 5.41) is 11.7. The number of carbonyl (C=O) groups is 1. The van der Waals surface area contributed by atoms with E-state index in [-0.39, 0.29) is 12.5 Å². The molecule has 0 bridgehead atoms. The summed E-state index contributed by atoms with van der Waals surface area (Å²) in [4.78, 5) is 16.2. The summed E-state index contributed by atoms with van der Waals surface area (Å²) in [7, 11) is 0. The zero-order chi connectivity index (χ0) is 14.7. The molecule has 4 nitrogen and oxygen atoms in total. The monoisotopic (exact) mass is 284 g/mol. The number of aromatic nitrogens is 1. The third-order valence-corrected chi connectivity index (χ3v) is 4.26. The molecular weight excluding hydrogens is 264 g/mol. The van der Waals surface area contributed by atoms with Crippen molar-refractivity contribution in [2.24, 2.45) is 17.8 Å². The maximum Gasteiger partial charge on any atom is 0.269 e. The molecule has 2 N–H and O–H groups in total. The van der Waals surface area contributed by atoms with Crippen molar-refractivity contribution in [2.45, 2.75) is 25.7 Å². The molecule has 4 heteroatoms. The summed E-state index contributed by atoms with van der Waals surface area (Å²) in [5.74, 6) is 7.55. The molecule has 0 spiro atoms. The molecule has 2 aliphatic carbocycles. The number of hydrogen-bond acceptors (Lipinski definition) is 3. The van der Waals surface area contributed by atoms with Gasteiger partial charge in [-0.25, -0.2) is 4.98 Å². The van der Waals surface area contributed by atoms with E-state index in [2.05, 4.69) is 22.1 Å². The normalized spacial score (nSPS) is 17.2. The number of amides is 1. The van der Waals surface area contributed by atoms with Gasteiger partial charge in [0.05, 0.1) is 0 Å². The molecule has 1 amide bonds. The van der Waals surface area contributed by atoms with Crippen LogP contribution in [-0.4, -0.2) is 29.1 Å². The minimum absolute atomic E-state index is 0.108. The number of aliphatic hydroxyl groups is 1.